The molecule has 0 aromatic heterocycles. The van der Waals surface area contributed by atoms with Gasteiger partial charge in [0.25, 0.3) is 0 Å². The second-order valence-electron chi connectivity index (χ2n) is 22.7. The predicted octanol–water partition coefficient (Wildman–Crippen LogP) is 18.1. The van der Waals surface area contributed by atoms with E-state index in [-0.39, 0.29) is 21.7 Å². The molecule has 13 rings (SSSR count). The monoisotopic (exact) mass is 848 g/mol. The van der Waals surface area contributed by atoms with Gasteiger partial charge >= 0.3 is 0 Å². The van der Waals surface area contributed by atoms with E-state index < -0.39 is 0 Å². The fourth-order valence-electron chi connectivity index (χ4n) is 12.7. The number of fused-ring (bicyclic) bond motifs is 9. The lowest BCUT2D eigenvalue weighted by Crippen LogP contribution is -2.16. The van der Waals surface area contributed by atoms with Crippen LogP contribution in [0.25, 0.3) is 99.1 Å². The van der Waals surface area contributed by atoms with Gasteiger partial charge in [0, 0.05) is 16.2 Å². The highest BCUT2D eigenvalue weighted by atomic mass is 14.4. The van der Waals surface area contributed by atoms with Crippen molar-refractivity contribution in [2.45, 2.75) is 90.9 Å². The molecule has 0 saturated heterocycles. The maximum atomic E-state index is 2.49. The Hall–Kier alpha value is -6.76. The number of hydrogen-bond acceptors (Lipinski definition) is 0. The highest BCUT2D eigenvalue weighted by Gasteiger charge is 2.39. The van der Waals surface area contributed by atoms with Crippen molar-refractivity contribution in [2.24, 2.45) is 0 Å². The summed E-state index contributed by atoms with van der Waals surface area (Å²) in [5.41, 5.74) is 26.9. The summed E-state index contributed by atoms with van der Waals surface area (Å²) in [5.74, 6) is 0. The SMILES string of the molecule is Cc1ccc2c(c1)C(C)(C)c1cc(-c3ccc4c(c3)C(C)(C)c3cc(-c5ccc6c(c5)C(C)(C)c5cc(-c7ccc8ccc9cc(C(C)(C)C)cc%10ccc7c8c9%10)ccc5-6)ccc3-4)ccc1-2. The molecule has 0 amide bonds. The van der Waals surface area contributed by atoms with E-state index in [1.807, 2.05) is 0 Å². The van der Waals surface area contributed by atoms with Crippen LogP contribution in [0, 0.1) is 6.92 Å². The summed E-state index contributed by atoms with van der Waals surface area (Å²) in [5, 5.41) is 8.05. The summed E-state index contributed by atoms with van der Waals surface area (Å²) in [4.78, 5) is 0. The zero-order chi connectivity index (χ0) is 45.4. The van der Waals surface area contributed by atoms with Gasteiger partial charge in [-0.15, -0.1) is 0 Å². The summed E-state index contributed by atoms with van der Waals surface area (Å²) in [6.07, 6.45) is 0. The minimum absolute atomic E-state index is 0.0303. The predicted molar refractivity (Wildman–Crippen MR) is 283 cm³/mol. The second kappa shape index (κ2) is 13.0. The zero-order valence-electron chi connectivity index (χ0n) is 40.0. The van der Waals surface area contributed by atoms with E-state index in [9.17, 15) is 0 Å². The van der Waals surface area contributed by atoms with Crippen molar-refractivity contribution in [1.82, 2.24) is 0 Å². The molecule has 0 heterocycles. The Labute approximate surface area is 390 Å². The third-order valence-electron chi connectivity index (χ3n) is 16.6. The van der Waals surface area contributed by atoms with Crippen molar-refractivity contribution in [3.05, 3.63) is 202 Å². The highest BCUT2D eigenvalue weighted by molar-refractivity contribution is 6.25. The first-order valence-electron chi connectivity index (χ1n) is 24.1. The van der Waals surface area contributed by atoms with Crippen molar-refractivity contribution >= 4 is 32.3 Å². The van der Waals surface area contributed by atoms with Crippen LogP contribution < -0.4 is 0 Å². The van der Waals surface area contributed by atoms with Gasteiger partial charge in [-0.1, -0.05) is 195 Å². The zero-order valence-corrected chi connectivity index (χ0v) is 40.0. The first-order valence-corrected chi connectivity index (χ1v) is 24.1. The van der Waals surface area contributed by atoms with E-state index in [2.05, 4.69) is 227 Å². The van der Waals surface area contributed by atoms with Crippen LogP contribution in [0.4, 0.5) is 0 Å². The summed E-state index contributed by atoms with van der Waals surface area (Å²) in [6.45, 7) is 23.6. The summed E-state index contributed by atoms with van der Waals surface area (Å²) in [6, 6.07) is 61.8. The lowest BCUT2D eigenvalue weighted by molar-refractivity contribution is 0.591. The van der Waals surface area contributed by atoms with Crippen LogP contribution in [-0.4, -0.2) is 0 Å². The lowest BCUT2D eigenvalue weighted by atomic mass is 9.79. The van der Waals surface area contributed by atoms with Crippen LogP contribution in [0.1, 0.15) is 107 Å². The van der Waals surface area contributed by atoms with Gasteiger partial charge in [0.15, 0.2) is 0 Å². The Bertz CT molecular complexity index is 3740. The molecular weight excluding hydrogens is 793 g/mol. The molecule has 66 heavy (non-hydrogen) atoms. The van der Waals surface area contributed by atoms with Crippen LogP contribution in [0.5, 0.6) is 0 Å². The van der Waals surface area contributed by atoms with E-state index in [0.717, 1.165) is 0 Å². The van der Waals surface area contributed by atoms with Crippen molar-refractivity contribution in [3.63, 3.8) is 0 Å². The van der Waals surface area contributed by atoms with Gasteiger partial charge in [0.05, 0.1) is 0 Å². The first kappa shape index (κ1) is 39.6. The Morgan fingerprint density at radius 2 is 0.636 bits per heavy atom. The summed E-state index contributed by atoms with van der Waals surface area (Å²) in [7, 11) is 0. The van der Waals surface area contributed by atoms with Crippen LogP contribution in [0.15, 0.2) is 158 Å². The van der Waals surface area contributed by atoms with Gasteiger partial charge in [-0.25, -0.2) is 0 Å². The fraction of sp³-hybridized carbons (Fsp3) is 0.212. The van der Waals surface area contributed by atoms with Gasteiger partial charge in [0.1, 0.15) is 0 Å². The van der Waals surface area contributed by atoms with E-state index in [1.165, 1.54) is 144 Å². The number of aryl methyl sites for hydroxylation is 1. The topological polar surface area (TPSA) is 0 Å². The summed E-state index contributed by atoms with van der Waals surface area (Å²) >= 11 is 0. The molecule has 0 N–H and O–H groups in total. The fourth-order valence-corrected chi connectivity index (χ4v) is 12.7. The number of hydrogen-bond donors (Lipinski definition) is 0. The van der Waals surface area contributed by atoms with Crippen LogP contribution in [0.3, 0.4) is 0 Å². The first-order chi connectivity index (χ1) is 31.5. The Morgan fingerprint density at radius 1 is 0.303 bits per heavy atom. The van der Waals surface area contributed by atoms with E-state index >= 15 is 0 Å². The minimum atomic E-state index is -0.152. The molecule has 0 bridgehead atoms. The largest absolute Gasteiger partial charge is 0.0587 e. The van der Waals surface area contributed by atoms with Crippen molar-refractivity contribution in [3.8, 4) is 66.8 Å². The summed E-state index contributed by atoms with van der Waals surface area (Å²) < 4.78 is 0. The van der Waals surface area contributed by atoms with Crippen molar-refractivity contribution < 1.29 is 0 Å². The molecule has 320 valence electrons. The van der Waals surface area contributed by atoms with Crippen LogP contribution in [0.2, 0.25) is 0 Å². The molecule has 3 aliphatic carbocycles. The van der Waals surface area contributed by atoms with Gasteiger partial charge in [-0.2, -0.15) is 0 Å². The minimum Gasteiger partial charge on any atom is -0.0587 e. The van der Waals surface area contributed by atoms with Crippen molar-refractivity contribution in [1.29, 1.82) is 0 Å². The molecule has 10 aromatic rings. The molecule has 0 fully saturated rings. The molecule has 3 aliphatic rings. The Balaban J connectivity index is 0.831. The van der Waals surface area contributed by atoms with E-state index in [4.69, 9.17) is 0 Å². The molecule has 0 spiro atoms. The maximum Gasteiger partial charge on any atom is 0.0159 e. The molecule has 0 radical (unpaired) electrons. The van der Waals surface area contributed by atoms with Gasteiger partial charge in [-0.05, 0) is 181 Å². The number of rotatable bonds is 3. The molecule has 0 unspecified atom stereocenters. The quantitative estimate of drug-likeness (QED) is 0.155. The van der Waals surface area contributed by atoms with Crippen molar-refractivity contribution in [2.75, 3.05) is 0 Å². The average Bonchev–Trinajstić information content (AvgIpc) is 3.78. The lowest BCUT2D eigenvalue weighted by Gasteiger charge is -2.24. The molecule has 0 saturated carbocycles. The molecule has 0 aliphatic heterocycles. The maximum absolute atomic E-state index is 2.49. The molecular formula is C66H56. The highest BCUT2D eigenvalue weighted by Crippen LogP contribution is 2.55. The van der Waals surface area contributed by atoms with E-state index in [0.29, 0.717) is 0 Å². The molecule has 0 atom stereocenters. The normalized spacial score (nSPS) is 15.8. The van der Waals surface area contributed by atoms with Gasteiger partial charge in [-0.3, -0.25) is 0 Å². The third-order valence-corrected chi connectivity index (χ3v) is 16.6. The molecule has 10 aromatic carbocycles. The van der Waals surface area contributed by atoms with Gasteiger partial charge < -0.3 is 0 Å². The van der Waals surface area contributed by atoms with Gasteiger partial charge in [0.2, 0.25) is 0 Å². The van der Waals surface area contributed by atoms with Crippen LogP contribution in [-0.2, 0) is 21.7 Å². The smallest absolute Gasteiger partial charge is 0.0159 e. The third kappa shape index (κ3) is 5.33. The average molecular weight is 849 g/mol. The second-order valence-corrected chi connectivity index (χ2v) is 22.7. The molecule has 0 heteroatoms. The number of benzene rings is 10. The Kier molecular flexibility index (Phi) is 7.79. The standard InChI is InChI=1S/C66H56/c1-37-11-21-48-49-23-15-39(32-56(49)64(5,6)55(48)29-37)40-16-24-50-51-25-17-41(34-58(51)65(7,8)57(50)33-40)42-18-26-52-53-27-19-43(36-60(53)66(9,10)59(52)35-42)47-22-14-38-12-13-44-30-46(63(2,3)4)31-45-20-28-54(47)62(38)61(44)45/h11-36H,1-10H3. The van der Waals surface area contributed by atoms with E-state index in [1.54, 1.807) is 0 Å². The molecule has 0 nitrogen and oxygen atoms in total. The van der Waals surface area contributed by atoms with Crippen LogP contribution >= 0.6 is 0 Å². The Morgan fingerprint density at radius 3 is 1.08 bits per heavy atom.